The van der Waals surface area contributed by atoms with Crippen molar-refractivity contribution in [3.8, 4) is 0 Å². The summed E-state index contributed by atoms with van der Waals surface area (Å²) in [6.45, 7) is 3.80. The molecule has 0 aliphatic rings. The number of allylic oxidation sites excluding steroid dienone is 6. The van der Waals surface area contributed by atoms with Gasteiger partial charge in [-0.3, -0.25) is 18.6 Å². The Morgan fingerprint density at radius 1 is 0.518 bits per heavy atom. The van der Waals surface area contributed by atoms with E-state index in [1.807, 2.05) is 0 Å². The highest BCUT2D eigenvalue weighted by molar-refractivity contribution is 7.47. The molecule has 0 radical (unpaired) electrons. The molecule has 0 fully saturated rings. The molecule has 0 aromatic rings. The van der Waals surface area contributed by atoms with E-state index in [9.17, 15) is 19.0 Å². The molecule has 2 unspecified atom stereocenters. The average Bonchev–Trinajstić information content (AvgIpc) is 3.19. The minimum atomic E-state index is -4.26. The van der Waals surface area contributed by atoms with Gasteiger partial charge in [-0.2, -0.15) is 0 Å². The standard InChI is InChI=1S/C47H87O8P/c1-4-6-8-10-12-14-16-18-20-22-23-24-26-27-29-31-33-35-37-39-41-46(48)53-43-45(44-54-56(50,51)52-3)55-47(49)42-40-38-36-34-32-30-28-25-21-19-17-15-13-11-9-7-5-2/h7,9,13,15,19,21,45H,4-6,8,10-12,14,16-18,20,22-44H2,1-3H3,(H,50,51)/b9-7-,15-13-,21-19-. The third-order valence-electron chi connectivity index (χ3n) is 10.1. The third kappa shape index (κ3) is 41.9. The molecular weight excluding hydrogens is 723 g/mol. The van der Waals surface area contributed by atoms with Crippen LogP contribution in [0.4, 0.5) is 0 Å². The van der Waals surface area contributed by atoms with Gasteiger partial charge in [-0.25, -0.2) is 4.57 Å². The Labute approximate surface area is 345 Å². The van der Waals surface area contributed by atoms with Gasteiger partial charge in [-0.1, -0.05) is 204 Å². The van der Waals surface area contributed by atoms with Gasteiger partial charge in [0.2, 0.25) is 0 Å². The number of hydrogen-bond donors (Lipinski definition) is 1. The molecule has 0 aromatic carbocycles. The van der Waals surface area contributed by atoms with E-state index < -0.39 is 26.5 Å². The normalized spacial score (nSPS) is 13.6. The van der Waals surface area contributed by atoms with Crippen molar-refractivity contribution < 1.29 is 37.6 Å². The Kier molecular flexibility index (Phi) is 41.5. The molecule has 1 N–H and O–H groups in total. The van der Waals surface area contributed by atoms with E-state index in [1.165, 1.54) is 128 Å². The second kappa shape index (κ2) is 42.9. The zero-order chi connectivity index (χ0) is 41.1. The molecule has 0 aliphatic heterocycles. The minimum absolute atomic E-state index is 0.226. The molecule has 0 rings (SSSR count). The van der Waals surface area contributed by atoms with E-state index >= 15 is 0 Å². The lowest BCUT2D eigenvalue weighted by Crippen LogP contribution is -2.29. The molecule has 0 aromatic heterocycles. The fraction of sp³-hybridized carbons (Fsp3) is 0.830. The number of hydrogen-bond acceptors (Lipinski definition) is 7. The Morgan fingerprint density at radius 3 is 1.36 bits per heavy atom. The maximum atomic E-state index is 12.5. The van der Waals surface area contributed by atoms with Crippen LogP contribution in [0.2, 0.25) is 0 Å². The molecule has 2 atom stereocenters. The number of carbonyl (C=O) groups excluding carboxylic acids is 2. The van der Waals surface area contributed by atoms with Crippen LogP contribution in [0.15, 0.2) is 36.5 Å². The number of rotatable bonds is 43. The van der Waals surface area contributed by atoms with E-state index in [2.05, 4.69) is 54.8 Å². The van der Waals surface area contributed by atoms with Crippen molar-refractivity contribution >= 4 is 19.8 Å². The summed E-state index contributed by atoms with van der Waals surface area (Å²) in [6, 6.07) is 0. The number of carbonyl (C=O) groups is 2. The van der Waals surface area contributed by atoms with Gasteiger partial charge in [0.05, 0.1) is 6.61 Å². The molecule has 0 spiro atoms. The quantitative estimate of drug-likeness (QED) is 0.0281. The summed E-state index contributed by atoms with van der Waals surface area (Å²) in [7, 11) is -3.20. The van der Waals surface area contributed by atoms with Gasteiger partial charge in [0.25, 0.3) is 0 Å². The first-order valence-electron chi connectivity index (χ1n) is 23.2. The molecule has 328 valence electrons. The Morgan fingerprint density at radius 2 is 0.911 bits per heavy atom. The van der Waals surface area contributed by atoms with E-state index in [0.717, 1.165) is 71.3 Å². The molecule has 0 amide bonds. The van der Waals surface area contributed by atoms with Crippen molar-refractivity contribution in [3.63, 3.8) is 0 Å². The van der Waals surface area contributed by atoms with Crippen LogP contribution in [-0.2, 0) is 32.7 Å². The van der Waals surface area contributed by atoms with Crippen LogP contribution in [0.1, 0.15) is 226 Å². The predicted molar refractivity (Wildman–Crippen MR) is 235 cm³/mol. The molecule has 0 saturated heterocycles. The summed E-state index contributed by atoms with van der Waals surface area (Å²) in [5.74, 6) is -0.806. The van der Waals surface area contributed by atoms with Crippen LogP contribution >= 0.6 is 7.82 Å². The van der Waals surface area contributed by atoms with Crippen molar-refractivity contribution in [3.05, 3.63) is 36.5 Å². The average molecular weight is 811 g/mol. The first kappa shape index (κ1) is 54.3. The van der Waals surface area contributed by atoms with Crippen molar-refractivity contribution in [2.75, 3.05) is 20.3 Å². The second-order valence-corrected chi connectivity index (χ2v) is 17.1. The smallest absolute Gasteiger partial charge is 0.462 e. The Balaban J connectivity index is 3.93. The van der Waals surface area contributed by atoms with Crippen LogP contribution in [0, 0.1) is 0 Å². The first-order chi connectivity index (χ1) is 27.3. The van der Waals surface area contributed by atoms with Gasteiger partial charge in [0, 0.05) is 20.0 Å². The zero-order valence-corrected chi connectivity index (χ0v) is 37.4. The highest BCUT2D eigenvalue weighted by Gasteiger charge is 2.24. The molecule has 0 saturated carbocycles. The van der Waals surface area contributed by atoms with E-state index in [-0.39, 0.29) is 19.0 Å². The number of esters is 2. The lowest BCUT2D eigenvalue weighted by molar-refractivity contribution is -0.161. The number of phosphoric ester groups is 1. The summed E-state index contributed by atoms with van der Waals surface area (Å²) >= 11 is 0. The van der Waals surface area contributed by atoms with Crippen molar-refractivity contribution in [2.45, 2.75) is 232 Å². The van der Waals surface area contributed by atoms with Crippen LogP contribution in [0.25, 0.3) is 0 Å². The summed E-state index contributed by atoms with van der Waals surface area (Å²) in [5.41, 5.74) is 0. The van der Waals surface area contributed by atoms with Crippen LogP contribution in [0.5, 0.6) is 0 Å². The van der Waals surface area contributed by atoms with Crippen molar-refractivity contribution in [2.24, 2.45) is 0 Å². The highest BCUT2D eigenvalue weighted by Crippen LogP contribution is 2.42. The summed E-state index contributed by atoms with van der Waals surface area (Å²) < 4.78 is 32.1. The number of phosphoric acid groups is 1. The lowest BCUT2D eigenvalue weighted by atomic mass is 10.0. The van der Waals surface area contributed by atoms with E-state index in [1.54, 1.807) is 0 Å². The van der Waals surface area contributed by atoms with E-state index in [4.69, 9.17) is 14.0 Å². The number of ether oxygens (including phenoxy) is 2. The fourth-order valence-corrected chi connectivity index (χ4v) is 7.08. The summed E-state index contributed by atoms with van der Waals surface area (Å²) in [4.78, 5) is 34.6. The highest BCUT2D eigenvalue weighted by atomic mass is 31.2. The van der Waals surface area contributed by atoms with Gasteiger partial charge in [-0.15, -0.1) is 0 Å². The number of unbranched alkanes of at least 4 members (excludes halogenated alkanes) is 26. The molecule has 0 heterocycles. The first-order valence-corrected chi connectivity index (χ1v) is 24.7. The molecule has 8 nitrogen and oxygen atoms in total. The van der Waals surface area contributed by atoms with Gasteiger partial charge in [0.1, 0.15) is 6.61 Å². The van der Waals surface area contributed by atoms with Crippen LogP contribution in [0.3, 0.4) is 0 Å². The summed E-state index contributed by atoms with van der Waals surface area (Å²) in [6.07, 6.45) is 50.6. The van der Waals surface area contributed by atoms with Gasteiger partial charge >= 0.3 is 19.8 Å². The van der Waals surface area contributed by atoms with Crippen molar-refractivity contribution in [1.29, 1.82) is 0 Å². The topological polar surface area (TPSA) is 108 Å². The predicted octanol–water partition coefficient (Wildman–Crippen LogP) is 14.8. The molecular formula is C47H87O8P. The van der Waals surface area contributed by atoms with Crippen LogP contribution in [-0.4, -0.2) is 43.3 Å². The van der Waals surface area contributed by atoms with Crippen molar-refractivity contribution in [1.82, 2.24) is 0 Å². The lowest BCUT2D eigenvalue weighted by Gasteiger charge is -2.19. The fourth-order valence-electron chi connectivity index (χ4n) is 6.62. The molecule has 9 heteroatoms. The third-order valence-corrected chi connectivity index (χ3v) is 11.1. The minimum Gasteiger partial charge on any atom is -0.462 e. The maximum absolute atomic E-state index is 12.5. The second-order valence-electron chi connectivity index (χ2n) is 15.5. The summed E-state index contributed by atoms with van der Waals surface area (Å²) in [5, 5.41) is 0. The van der Waals surface area contributed by atoms with Crippen LogP contribution < -0.4 is 0 Å². The van der Waals surface area contributed by atoms with Gasteiger partial charge in [0.15, 0.2) is 6.10 Å². The SMILES string of the molecule is CC/C=C\C/C=C\C/C=C\CCCCCCCCCC(=O)OC(COC(=O)CCCCCCCCCCCCCCCCCCCCCC)COP(=O)(O)OC. The molecule has 0 aliphatic carbocycles. The Bertz CT molecular complexity index is 1010. The van der Waals surface area contributed by atoms with Gasteiger partial charge in [-0.05, 0) is 44.9 Å². The Hall–Kier alpha value is -1.73. The largest absolute Gasteiger partial charge is 0.472 e. The monoisotopic (exact) mass is 811 g/mol. The molecule has 0 bridgehead atoms. The maximum Gasteiger partial charge on any atom is 0.472 e. The van der Waals surface area contributed by atoms with E-state index in [0.29, 0.717) is 12.8 Å². The molecule has 56 heavy (non-hydrogen) atoms. The zero-order valence-electron chi connectivity index (χ0n) is 36.5. The van der Waals surface area contributed by atoms with Gasteiger partial charge < -0.3 is 14.4 Å².